The molecule has 0 spiro atoms. The van der Waals surface area contributed by atoms with Crippen molar-refractivity contribution in [2.24, 2.45) is 0 Å². The van der Waals surface area contributed by atoms with Gasteiger partial charge in [0, 0.05) is 11.6 Å². The van der Waals surface area contributed by atoms with Crippen LogP contribution in [0.5, 0.6) is 0 Å². The fraction of sp³-hybridized carbons (Fsp3) is 0.625. The maximum atomic E-state index is 14.1. The molecular formula is C16H25BrF2N2. The van der Waals surface area contributed by atoms with E-state index in [1.165, 1.54) is 12.1 Å². The van der Waals surface area contributed by atoms with E-state index in [2.05, 4.69) is 40.0 Å². The van der Waals surface area contributed by atoms with Crippen LogP contribution in [0, 0.1) is 11.6 Å². The summed E-state index contributed by atoms with van der Waals surface area (Å²) in [6.07, 6.45) is 1.24. The Bertz CT molecular complexity index is 437. The minimum atomic E-state index is -0.485. The molecule has 0 heterocycles. The highest BCUT2D eigenvalue weighted by Crippen LogP contribution is 2.23. The van der Waals surface area contributed by atoms with E-state index in [-0.39, 0.29) is 11.6 Å². The average Bonchev–Trinajstić information content (AvgIpc) is 2.48. The van der Waals surface area contributed by atoms with Crippen molar-refractivity contribution in [3.05, 3.63) is 33.8 Å². The number of nitrogens with one attached hydrogen (secondary N) is 1. The molecule has 0 saturated heterocycles. The van der Waals surface area contributed by atoms with Crippen LogP contribution in [0.2, 0.25) is 0 Å². The fourth-order valence-corrected chi connectivity index (χ4v) is 2.82. The Morgan fingerprint density at radius 3 is 2.43 bits per heavy atom. The summed E-state index contributed by atoms with van der Waals surface area (Å²) in [6.45, 7) is 9.98. The lowest BCUT2D eigenvalue weighted by atomic mass is 10.0. The van der Waals surface area contributed by atoms with Crippen LogP contribution in [0.25, 0.3) is 0 Å². The first-order valence-corrected chi connectivity index (χ1v) is 8.40. The van der Waals surface area contributed by atoms with Gasteiger partial charge in [0.2, 0.25) is 0 Å². The molecule has 1 unspecified atom stereocenters. The predicted octanol–water partition coefficient (Wildman–Crippen LogP) is 3.98. The Hall–Kier alpha value is -0.520. The van der Waals surface area contributed by atoms with Crippen LogP contribution in [-0.4, -0.2) is 37.1 Å². The number of halogens is 3. The van der Waals surface area contributed by atoms with Gasteiger partial charge in [0.25, 0.3) is 0 Å². The molecule has 0 aliphatic rings. The zero-order chi connectivity index (χ0) is 15.8. The van der Waals surface area contributed by atoms with Crippen LogP contribution in [0.15, 0.2) is 16.6 Å². The van der Waals surface area contributed by atoms with Gasteiger partial charge in [0.1, 0.15) is 11.6 Å². The van der Waals surface area contributed by atoms with E-state index in [9.17, 15) is 8.78 Å². The molecule has 2 nitrogen and oxygen atoms in total. The highest BCUT2D eigenvalue weighted by molar-refractivity contribution is 9.10. The fourth-order valence-electron chi connectivity index (χ4n) is 2.45. The van der Waals surface area contributed by atoms with E-state index in [0.29, 0.717) is 10.9 Å². The van der Waals surface area contributed by atoms with Crippen molar-refractivity contribution in [2.75, 3.05) is 26.2 Å². The van der Waals surface area contributed by atoms with Crippen LogP contribution in [0.1, 0.15) is 32.8 Å². The maximum absolute atomic E-state index is 14.1. The number of rotatable bonds is 9. The van der Waals surface area contributed by atoms with Gasteiger partial charge in [-0.1, -0.05) is 20.8 Å². The molecule has 0 aromatic heterocycles. The molecule has 0 amide bonds. The van der Waals surface area contributed by atoms with Crippen LogP contribution in [0.3, 0.4) is 0 Å². The summed E-state index contributed by atoms with van der Waals surface area (Å²) >= 11 is 3.12. The molecule has 0 aliphatic carbocycles. The van der Waals surface area contributed by atoms with Gasteiger partial charge in [-0.05, 0) is 67.1 Å². The van der Waals surface area contributed by atoms with Crippen molar-refractivity contribution < 1.29 is 8.78 Å². The van der Waals surface area contributed by atoms with Crippen molar-refractivity contribution in [3.8, 4) is 0 Å². The van der Waals surface area contributed by atoms with Crippen LogP contribution in [-0.2, 0) is 6.42 Å². The topological polar surface area (TPSA) is 15.3 Å². The minimum absolute atomic E-state index is 0.0777. The van der Waals surface area contributed by atoms with Gasteiger partial charge < -0.3 is 10.2 Å². The lowest BCUT2D eigenvalue weighted by Crippen LogP contribution is -2.36. The van der Waals surface area contributed by atoms with Gasteiger partial charge in [-0.3, -0.25) is 0 Å². The molecule has 0 aliphatic heterocycles. The van der Waals surface area contributed by atoms with E-state index in [1.807, 2.05) is 6.92 Å². The van der Waals surface area contributed by atoms with Gasteiger partial charge in [-0.25, -0.2) is 8.78 Å². The molecule has 1 rings (SSSR count). The first-order valence-electron chi connectivity index (χ1n) is 7.61. The summed E-state index contributed by atoms with van der Waals surface area (Å²) in [5.74, 6) is -0.956. The van der Waals surface area contributed by atoms with Gasteiger partial charge in [-0.2, -0.15) is 0 Å². The second-order valence-corrected chi connectivity index (χ2v) is 5.95. The highest BCUT2D eigenvalue weighted by atomic mass is 79.9. The molecular weight excluding hydrogens is 338 g/mol. The molecule has 1 atom stereocenters. The van der Waals surface area contributed by atoms with E-state index in [0.717, 1.165) is 32.6 Å². The van der Waals surface area contributed by atoms with Crippen LogP contribution >= 0.6 is 15.9 Å². The average molecular weight is 363 g/mol. The summed E-state index contributed by atoms with van der Waals surface area (Å²) in [5.41, 5.74) is 0.162. The quantitative estimate of drug-likeness (QED) is 0.668. The number of nitrogens with zero attached hydrogens (tertiary/aromatic N) is 1. The largest absolute Gasteiger partial charge is 0.314 e. The molecule has 0 radical (unpaired) electrons. The zero-order valence-electron chi connectivity index (χ0n) is 13.1. The molecule has 5 heteroatoms. The lowest BCUT2D eigenvalue weighted by Gasteiger charge is -2.24. The summed E-state index contributed by atoms with van der Waals surface area (Å²) in [6, 6.07) is 2.80. The number of hydrogen-bond donors (Lipinski definition) is 1. The van der Waals surface area contributed by atoms with Crippen LogP contribution < -0.4 is 5.32 Å². The standard InChI is InChI=1S/C16H25BrF2N2/c1-4-20-12(9-10-21(5-2)6-3)11-13-15(18)8-7-14(17)16(13)19/h7-8,12,20H,4-6,9-11H2,1-3H3. The van der Waals surface area contributed by atoms with Crippen molar-refractivity contribution in [1.29, 1.82) is 0 Å². The molecule has 1 N–H and O–H groups in total. The molecule has 1 aromatic rings. The Morgan fingerprint density at radius 2 is 1.86 bits per heavy atom. The Balaban J connectivity index is 2.76. The molecule has 0 saturated carbocycles. The second kappa shape index (κ2) is 9.49. The number of hydrogen-bond acceptors (Lipinski definition) is 2. The Labute approximate surface area is 135 Å². The molecule has 21 heavy (non-hydrogen) atoms. The number of benzene rings is 1. The van der Waals surface area contributed by atoms with E-state index < -0.39 is 11.6 Å². The van der Waals surface area contributed by atoms with Crippen LogP contribution in [0.4, 0.5) is 8.78 Å². The van der Waals surface area contributed by atoms with Crippen molar-refractivity contribution in [2.45, 2.75) is 39.7 Å². The van der Waals surface area contributed by atoms with Gasteiger partial charge >= 0.3 is 0 Å². The molecule has 1 aromatic carbocycles. The summed E-state index contributed by atoms with van der Waals surface area (Å²) in [7, 11) is 0. The minimum Gasteiger partial charge on any atom is -0.314 e. The zero-order valence-corrected chi connectivity index (χ0v) is 14.6. The van der Waals surface area contributed by atoms with Crippen molar-refractivity contribution in [3.63, 3.8) is 0 Å². The lowest BCUT2D eigenvalue weighted by molar-refractivity contribution is 0.280. The SMILES string of the molecule is CCNC(CCN(CC)CC)Cc1c(F)ccc(Br)c1F. The Morgan fingerprint density at radius 1 is 1.19 bits per heavy atom. The van der Waals surface area contributed by atoms with Crippen molar-refractivity contribution >= 4 is 15.9 Å². The smallest absolute Gasteiger partial charge is 0.143 e. The third-order valence-electron chi connectivity index (χ3n) is 3.77. The molecule has 0 fully saturated rings. The summed E-state index contributed by atoms with van der Waals surface area (Å²) in [4.78, 5) is 2.32. The normalized spacial score (nSPS) is 12.9. The first-order chi connectivity index (χ1) is 10.0. The third-order valence-corrected chi connectivity index (χ3v) is 4.38. The molecule has 0 bridgehead atoms. The van der Waals surface area contributed by atoms with E-state index >= 15 is 0 Å². The maximum Gasteiger partial charge on any atom is 0.143 e. The summed E-state index contributed by atoms with van der Waals surface area (Å²) in [5, 5.41) is 3.33. The van der Waals surface area contributed by atoms with Gasteiger partial charge in [0.05, 0.1) is 4.47 Å². The molecule has 120 valence electrons. The van der Waals surface area contributed by atoms with Gasteiger partial charge in [0.15, 0.2) is 0 Å². The van der Waals surface area contributed by atoms with Crippen molar-refractivity contribution in [1.82, 2.24) is 10.2 Å². The first kappa shape index (κ1) is 18.5. The second-order valence-electron chi connectivity index (χ2n) is 5.10. The Kier molecular flexibility index (Phi) is 8.37. The summed E-state index contributed by atoms with van der Waals surface area (Å²) < 4.78 is 28.2. The van der Waals surface area contributed by atoms with Gasteiger partial charge in [-0.15, -0.1) is 0 Å². The van der Waals surface area contributed by atoms with E-state index in [1.54, 1.807) is 0 Å². The predicted molar refractivity (Wildman–Crippen MR) is 87.6 cm³/mol. The van der Waals surface area contributed by atoms with E-state index in [4.69, 9.17) is 0 Å². The highest BCUT2D eigenvalue weighted by Gasteiger charge is 2.18. The monoisotopic (exact) mass is 362 g/mol. The number of likely N-dealkylation sites (N-methyl/N-ethyl adjacent to an activating group) is 1. The third kappa shape index (κ3) is 5.64.